The Bertz CT molecular complexity index is 546. The molecule has 1 N–H and O–H groups in total. The summed E-state index contributed by atoms with van der Waals surface area (Å²) >= 11 is 7.34. The maximum atomic E-state index is 3.56. The molecule has 102 valence electrons. The van der Waals surface area contributed by atoms with Gasteiger partial charge in [0.1, 0.15) is 0 Å². The van der Waals surface area contributed by atoms with E-state index in [1.807, 2.05) is 22.7 Å². The molecule has 4 heteroatoms. The Hall–Kier alpha value is -0.160. The predicted molar refractivity (Wildman–Crippen MR) is 88.6 cm³/mol. The van der Waals surface area contributed by atoms with E-state index >= 15 is 0 Å². The topological polar surface area (TPSA) is 12.0 Å². The quantitative estimate of drug-likeness (QED) is 0.828. The standard InChI is InChI=1S/C15H18BrNS2/c1-17-14(8-11-7-10(16)9-19-11)12-3-2-4-15-13(12)5-6-18-15/h5-7,9,12,14,17H,2-4,8H2,1H3. The highest BCUT2D eigenvalue weighted by Gasteiger charge is 2.28. The number of hydrogen-bond acceptors (Lipinski definition) is 3. The number of fused-ring (bicyclic) bond motifs is 1. The number of rotatable bonds is 4. The summed E-state index contributed by atoms with van der Waals surface area (Å²) in [6.45, 7) is 0. The van der Waals surface area contributed by atoms with Crippen molar-refractivity contribution in [2.24, 2.45) is 0 Å². The van der Waals surface area contributed by atoms with Crippen LogP contribution in [0.5, 0.6) is 0 Å². The van der Waals surface area contributed by atoms with Crippen LogP contribution >= 0.6 is 38.6 Å². The number of nitrogens with one attached hydrogen (secondary N) is 1. The largest absolute Gasteiger partial charge is 0.316 e. The summed E-state index contributed by atoms with van der Waals surface area (Å²) in [7, 11) is 2.11. The molecule has 2 aromatic rings. The maximum Gasteiger partial charge on any atom is 0.0285 e. The van der Waals surface area contributed by atoms with Crippen LogP contribution in [0.2, 0.25) is 0 Å². The molecule has 2 atom stereocenters. The van der Waals surface area contributed by atoms with Gasteiger partial charge in [0.25, 0.3) is 0 Å². The fourth-order valence-electron chi connectivity index (χ4n) is 3.06. The lowest BCUT2D eigenvalue weighted by atomic mass is 9.81. The Labute approximate surface area is 131 Å². The van der Waals surface area contributed by atoms with Crippen molar-refractivity contribution in [1.29, 1.82) is 0 Å². The van der Waals surface area contributed by atoms with Gasteiger partial charge in [-0.3, -0.25) is 0 Å². The zero-order valence-electron chi connectivity index (χ0n) is 11.0. The Balaban J connectivity index is 1.80. The highest BCUT2D eigenvalue weighted by Crippen LogP contribution is 2.38. The van der Waals surface area contributed by atoms with E-state index in [2.05, 4.69) is 51.2 Å². The lowest BCUT2D eigenvalue weighted by Crippen LogP contribution is -2.35. The second-order valence-corrected chi connectivity index (χ2v) is 8.04. The molecule has 2 aromatic heterocycles. The summed E-state index contributed by atoms with van der Waals surface area (Å²) in [5.41, 5.74) is 1.60. The molecule has 1 aliphatic carbocycles. The Morgan fingerprint density at radius 1 is 1.47 bits per heavy atom. The van der Waals surface area contributed by atoms with Gasteiger partial charge in [-0.25, -0.2) is 0 Å². The van der Waals surface area contributed by atoms with E-state index in [-0.39, 0.29) is 0 Å². The minimum atomic E-state index is 0.555. The van der Waals surface area contributed by atoms with Crippen molar-refractivity contribution in [3.8, 4) is 0 Å². The Morgan fingerprint density at radius 2 is 2.37 bits per heavy atom. The summed E-state index contributed by atoms with van der Waals surface area (Å²) in [6.07, 6.45) is 5.07. The smallest absolute Gasteiger partial charge is 0.0285 e. The van der Waals surface area contributed by atoms with Crippen molar-refractivity contribution in [3.63, 3.8) is 0 Å². The van der Waals surface area contributed by atoms with Gasteiger partial charge in [-0.15, -0.1) is 22.7 Å². The zero-order valence-corrected chi connectivity index (χ0v) is 14.2. The van der Waals surface area contributed by atoms with Gasteiger partial charge in [-0.05, 0) is 71.7 Å². The SMILES string of the molecule is CNC(Cc1cc(Br)cs1)C1CCCc2sccc21. The van der Waals surface area contributed by atoms with E-state index in [0.29, 0.717) is 12.0 Å². The molecule has 0 spiro atoms. The molecule has 0 aromatic carbocycles. The molecule has 1 nitrogen and oxygen atoms in total. The summed E-state index contributed by atoms with van der Waals surface area (Å²) in [4.78, 5) is 3.08. The van der Waals surface area contributed by atoms with Crippen LogP contribution in [0.1, 0.15) is 34.1 Å². The normalized spacial score (nSPS) is 20.2. The molecule has 19 heavy (non-hydrogen) atoms. The van der Waals surface area contributed by atoms with E-state index in [0.717, 1.165) is 6.42 Å². The molecule has 2 unspecified atom stereocenters. The molecule has 0 radical (unpaired) electrons. The third kappa shape index (κ3) is 2.97. The molecule has 0 saturated carbocycles. The number of likely N-dealkylation sites (N-methyl/N-ethyl adjacent to an activating group) is 1. The van der Waals surface area contributed by atoms with Crippen LogP contribution in [0.25, 0.3) is 0 Å². The van der Waals surface area contributed by atoms with Crippen LogP contribution in [-0.4, -0.2) is 13.1 Å². The van der Waals surface area contributed by atoms with E-state index in [4.69, 9.17) is 0 Å². The van der Waals surface area contributed by atoms with Gasteiger partial charge < -0.3 is 5.32 Å². The van der Waals surface area contributed by atoms with Crippen molar-refractivity contribution < 1.29 is 0 Å². The van der Waals surface area contributed by atoms with Crippen molar-refractivity contribution in [2.45, 2.75) is 37.6 Å². The first-order valence-corrected chi connectivity index (χ1v) is 9.29. The molecule has 0 fully saturated rings. The zero-order chi connectivity index (χ0) is 13.2. The lowest BCUT2D eigenvalue weighted by molar-refractivity contribution is 0.415. The van der Waals surface area contributed by atoms with Gasteiger partial charge in [-0.2, -0.15) is 0 Å². The van der Waals surface area contributed by atoms with Crippen LogP contribution in [0, 0.1) is 0 Å². The molecular formula is C15H18BrNS2. The first-order chi connectivity index (χ1) is 9.28. The van der Waals surface area contributed by atoms with Gasteiger partial charge in [0.2, 0.25) is 0 Å². The predicted octanol–water partition coefficient (Wildman–Crippen LogP) is 4.82. The molecule has 2 heterocycles. The monoisotopic (exact) mass is 355 g/mol. The lowest BCUT2D eigenvalue weighted by Gasteiger charge is -2.30. The average molecular weight is 356 g/mol. The second-order valence-electron chi connectivity index (χ2n) is 5.13. The van der Waals surface area contributed by atoms with Crippen molar-refractivity contribution in [2.75, 3.05) is 7.05 Å². The number of aryl methyl sites for hydroxylation is 1. The van der Waals surface area contributed by atoms with Crippen molar-refractivity contribution >= 4 is 38.6 Å². The molecule has 0 bridgehead atoms. The van der Waals surface area contributed by atoms with Crippen LogP contribution in [0.15, 0.2) is 27.4 Å². The molecule has 1 aliphatic rings. The third-order valence-corrected chi connectivity index (χ3v) is 6.71. The minimum absolute atomic E-state index is 0.555. The minimum Gasteiger partial charge on any atom is -0.316 e. The van der Waals surface area contributed by atoms with Gasteiger partial charge in [0.15, 0.2) is 0 Å². The van der Waals surface area contributed by atoms with Gasteiger partial charge in [0, 0.05) is 31.6 Å². The fourth-order valence-corrected chi connectivity index (χ4v) is 5.57. The molecule has 0 amide bonds. The fraction of sp³-hybridized carbons (Fsp3) is 0.467. The van der Waals surface area contributed by atoms with Crippen LogP contribution in [0.3, 0.4) is 0 Å². The van der Waals surface area contributed by atoms with Crippen molar-refractivity contribution in [1.82, 2.24) is 5.32 Å². The highest BCUT2D eigenvalue weighted by molar-refractivity contribution is 9.10. The van der Waals surface area contributed by atoms with Gasteiger partial charge in [0.05, 0.1) is 0 Å². The third-order valence-electron chi connectivity index (χ3n) is 4.00. The van der Waals surface area contributed by atoms with E-state index in [1.165, 1.54) is 28.6 Å². The molecule has 0 saturated heterocycles. The van der Waals surface area contributed by atoms with Gasteiger partial charge >= 0.3 is 0 Å². The summed E-state index contributed by atoms with van der Waals surface area (Å²) in [5.74, 6) is 0.681. The highest BCUT2D eigenvalue weighted by atomic mass is 79.9. The van der Waals surface area contributed by atoms with Crippen molar-refractivity contribution in [3.05, 3.63) is 42.7 Å². The molecule has 3 rings (SSSR count). The van der Waals surface area contributed by atoms with E-state index in [9.17, 15) is 0 Å². The van der Waals surface area contributed by atoms with Crippen LogP contribution < -0.4 is 5.32 Å². The number of halogens is 1. The first-order valence-electron chi connectivity index (χ1n) is 6.74. The van der Waals surface area contributed by atoms with Gasteiger partial charge in [-0.1, -0.05) is 0 Å². The van der Waals surface area contributed by atoms with Crippen LogP contribution in [-0.2, 0) is 12.8 Å². The Kier molecular flexibility index (Phi) is 4.42. The maximum absolute atomic E-state index is 3.56. The number of hydrogen-bond donors (Lipinski definition) is 1. The summed E-state index contributed by atoms with van der Waals surface area (Å²) < 4.78 is 1.21. The summed E-state index contributed by atoms with van der Waals surface area (Å²) in [6, 6.07) is 5.16. The average Bonchev–Trinajstić information content (AvgIpc) is 3.04. The number of thiophene rings is 2. The van der Waals surface area contributed by atoms with Crippen LogP contribution in [0.4, 0.5) is 0 Å². The molecular weight excluding hydrogens is 338 g/mol. The van der Waals surface area contributed by atoms with E-state index < -0.39 is 0 Å². The molecule has 0 aliphatic heterocycles. The summed E-state index contributed by atoms with van der Waals surface area (Å²) in [5, 5.41) is 8.00. The van der Waals surface area contributed by atoms with E-state index in [1.54, 1.807) is 10.4 Å². The second kappa shape index (κ2) is 6.08. The Morgan fingerprint density at radius 3 is 3.11 bits per heavy atom. The first kappa shape index (κ1) is 13.8.